The van der Waals surface area contributed by atoms with Crippen molar-refractivity contribution in [3.05, 3.63) is 24.2 Å². The molecule has 0 aliphatic heterocycles. The maximum atomic E-state index is 10.8. The minimum absolute atomic E-state index is 0.242. The average Bonchev–Trinajstić information content (AvgIpc) is 2.61. The van der Waals surface area contributed by atoms with Crippen LogP contribution in [-0.4, -0.2) is 25.3 Å². The molecule has 5 heteroatoms. The predicted molar refractivity (Wildman–Crippen MR) is 45.8 cm³/mol. The Balaban J connectivity index is 2.75. The lowest BCUT2D eigenvalue weighted by molar-refractivity contribution is 0.0698. The molecule has 0 aliphatic rings. The van der Waals surface area contributed by atoms with Crippen molar-refractivity contribution in [2.24, 2.45) is 0 Å². The molecule has 68 valence electrons. The number of rotatable bonds is 2. The molecule has 0 saturated heterocycles. The van der Waals surface area contributed by atoms with Crippen molar-refractivity contribution < 1.29 is 9.90 Å². The van der Waals surface area contributed by atoms with Gasteiger partial charge >= 0.3 is 5.97 Å². The third-order valence-corrected chi connectivity index (χ3v) is 2.00. The minimum Gasteiger partial charge on any atom is -0.477 e. The van der Waals surface area contributed by atoms with E-state index < -0.39 is 5.97 Å². The Morgan fingerprint density at radius 1 is 1.62 bits per heavy atom. The van der Waals surface area contributed by atoms with Crippen LogP contribution in [-0.2, 0) is 6.54 Å². The van der Waals surface area contributed by atoms with Crippen molar-refractivity contribution in [1.29, 1.82) is 0 Å². The highest BCUT2D eigenvalue weighted by molar-refractivity contribution is 5.94. The highest BCUT2D eigenvalue weighted by Crippen LogP contribution is 2.11. The van der Waals surface area contributed by atoms with E-state index in [0.29, 0.717) is 5.65 Å². The number of nitrogens with zero attached hydrogens (tertiary/aromatic N) is 3. The fourth-order valence-corrected chi connectivity index (χ4v) is 1.37. The second-order valence-electron chi connectivity index (χ2n) is 2.72. The van der Waals surface area contributed by atoms with E-state index in [1.54, 1.807) is 10.7 Å². The summed E-state index contributed by atoms with van der Waals surface area (Å²) in [6, 6.07) is 0. The number of aryl methyl sites for hydroxylation is 1. The van der Waals surface area contributed by atoms with Gasteiger partial charge in [0.25, 0.3) is 0 Å². The second-order valence-corrected chi connectivity index (χ2v) is 2.72. The highest BCUT2D eigenvalue weighted by Gasteiger charge is 2.13. The van der Waals surface area contributed by atoms with Gasteiger partial charge < -0.3 is 9.67 Å². The topological polar surface area (TPSA) is 59.5 Å². The standard InChI is InChI=1S/C8H9N3O2/c1-2-10-3-4-11-7(10)6(5-9-11)8(12)13/h3-5H,2H2,1H3,(H,12,13). The Kier molecular flexibility index (Phi) is 1.58. The summed E-state index contributed by atoms with van der Waals surface area (Å²) >= 11 is 0. The van der Waals surface area contributed by atoms with Crippen molar-refractivity contribution in [1.82, 2.24) is 14.2 Å². The van der Waals surface area contributed by atoms with E-state index in [9.17, 15) is 4.79 Å². The number of imidazole rings is 1. The van der Waals surface area contributed by atoms with E-state index >= 15 is 0 Å². The smallest absolute Gasteiger partial charge is 0.341 e. The highest BCUT2D eigenvalue weighted by atomic mass is 16.4. The Labute approximate surface area is 74.2 Å². The predicted octanol–water partition coefficient (Wildman–Crippen LogP) is 0.854. The summed E-state index contributed by atoms with van der Waals surface area (Å²) in [4.78, 5) is 10.8. The first-order valence-electron chi connectivity index (χ1n) is 3.99. The molecular formula is C8H9N3O2. The maximum absolute atomic E-state index is 10.8. The van der Waals surface area contributed by atoms with Gasteiger partial charge in [-0.1, -0.05) is 0 Å². The molecule has 0 amide bonds. The molecule has 13 heavy (non-hydrogen) atoms. The Morgan fingerprint density at radius 2 is 2.38 bits per heavy atom. The molecule has 0 saturated carbocycles. The van der Waals surface area contributed by atoms with Crippen LogP contribution in [0.15, 0.2) is 18.6 Å². The third-order valence-electron chi connectivity index (χ3n) is 2.00. The Hall–Kier alpha value is -1.78. The number of hydrogen-bond acceptors (Lipinski definition) is 2. The van der Waals surface area contributed by atoms with Gasteiger partial charge in [0.15, 0.2) is 0 Å². The molecule has 0 radical (unpaired) electrons. The van der Waals surface area contributed by atoms with Crippen LogP contribution in [0.3, 0.4) is 0 Å². The SMILES string of the molecule is CCn1ccn2ncc(C(=O)O)c12. The molecule has 5 nitrogen and oxygen atoms in total. The number of fused-ring (bicyclic) bond motifs is 1. The first kappa shape index (κ1) is 7.85. The number of aromatic carboxylic acids is 1. The molecule has 0 fully saturated rings. The molecular weight excluding hydrogens is 170 g/mol. The van der Waals surface area contributed by atoms with Crippen molar-refractivity contribution in [3.8, 4) is 0 Å². The van der Waals surface area contributed by atoms with Crippen LogP contribution >= 0.6 is 0 Å². The molecule has 1 N–H and O–H groups in total. The van der Waals surface area contributed by atoms with Crippen LogP contribution in [0.4, 0.5) is 0 Å². The summed E-state index contributed by atoms with van der Waals surface area (Å²) in [5.41, 5.74) is 0.877. The molecule has 2 aromatic rings. The fourth-order valence-electron chi connectivity index (χ4n) is 1.37. The van der Waals surface area contributed by atoms with Crippen molar-refractivity contribution in [2.45, 2.75) is 13.5 Å². The van der Waals surface area contributed by atoms with Gasteiger partial charge in [0, 0.05) is 18.9 Å². The van der Waals surface area contributed by atoms with Gasteiger partial charge in [-0.15, -0.1) is 0 Å². The fraction of sp³-hybridized carbons (Fsp3) is 0.250. The van der Waals surface area contributed by atoms with Crippen molar-refractivity contribution >= 4 is 11.6 Å². The van der Waals surface area contributed by atoms with Gasteiger partial charge in [-0.25, -0.2) is 9.31 Å². The zero-order valence-corrected chi connectivity index (χ0v) is 7.14. The Morgan fingerprint density at radius 3 is 3.00 bits per heavy atom. The zero-order valence-electron chi connectivity index (χ0n) is 7.14. The maximum Gasteiger partial charge on any atom is 0.341 e. The van der Waals surface area contributed by atoms with Gasteiger partial charge in [-0.2, -0.15) is 5.10 Å². The molecule has 2 rings (SSSR count). The van der Waals surface area contributed by atoms with Crippen LogP contribution in [0, 0.1) is 0 Å². The lowest BCUT2D eigenvalue weighted by atomic mass is 10.3. The zero-order chi connectivity index (χ0) is 9.42. The quantitative estimate of drug-likeness (QED) is 0.743. The van der Waals surface area contributed by atoms with E-state index in [1.807, 2.05) is 17.7 Å². The second kappa shape index (κ2) is 2.62. The molecule has 0 bridgehead atoms. The summed E-state index contributed by atoms with van der Waals surface area (Å²) in [7, 11) is 0. The van der Waals surface area contributed by atoms with E-state index in [2.05, 4.69) is 5.10 Å². The largest absolute Gasteiger partial charge is 0.477 e. The Bertz CT molecular complexity index is 455. The number of carbonyl (C=O) groups is 1. The number of aromatic nitrogens is 3. The lowest BCUT2D eigenvalue weighted by Crippen LogP contribution is -2.00. The molecule has 0 unspecified atom stereocenters. The van der Waals surface area contributed by atoms with Crippen LogP contribution in [0.5, 0.6) is 0 Å². The monoisotopic (exact) mass is 179 g/mol. The van der Waals surface area contributed by atoms with Gasteiger partial charge in [0.1, 0.15) is 11.2 Å². The number of carboxylic acid groups (broad SMARTS) is 1. The lowest BCUT2D eigenvalue weighted by Gasteiger charge is -1.97. The molecule has 0 aliphatic carbocycles. The summed E-state index contributed by atoms with van der Waals surface area (Å²) in [6.07, 6.45) is 4.92. The normalized spacial score (nSPS) is 10.8. The van der Waals surface area contributed by atoms with E-state index in [4.69, 9.17) is 5.11 Å². The molecule has 2 aromatic heterocycles. The van der Waals surface area contributed by atoms with Crippen LogP contribution in [0.1, 0.15) is 17.3 Å². The van der Waals surface area contributed by atoms with Crippen molar-refractivity contribution in [3.63, 3.8) is 0 Å². The van der Waals surface area contributed by atoms with Gasteiger partial charge in [-0.3, -0.25) is 0 Å². The number of carboxylic acids is 1. The average molecular weight is 179 g/mol. The first-order valence-corrected chi connectivity index (χ1v) is 3.99. The van der Waals surface area contributed by atoms with Gasteiger partial charge in [0.2, 0.25) is 0 Å². The van der Waals surface area contributed by atoms with Crippen molar-refractivity contribution in [2.75, 3.05) is 0 Å². The summed E-state index contributed by atoms with van der Waals surface area (Å²) < 4.78 is 3.41. The molecule has 0 spiro atoms. The van der Waals surface area contributed by atoms with E-state index in [1.165, 1.54) is 6.20 Å². The van der Waals surface area contributed by atoms with E-state index in [-0.39, 0.29) is 5.56 Å². The van der Waals surface area contributed by atoms with Crippen LogP contribution < -0.4 is 0 Å². The summed E-state index contributed by atoms with van der Waals surface area (Å²) in [5, 5.41) is 12.8. The summed E-state index contributed by atoms with van der Waals surface area (Å²) in [6.45, 7) is 2.70. The van der Waals surface area contributed by atoms with Gasteiger partial charge in [0.05, 0.1) is 6.20 Å². The van der Waals surface area contributed by atoms with Crippen LogP contribution in [0.25, 0.3) is 5.65 Å². The summed E-state index contributed by atoms with van der Waals surface area (Å²) in [5.74, 6) is -0.941. The molecule has 2 heterocycles. The van der Waals surface area contributed by atoms with E-state index in [0.717, 1.165) is 6.54 Å². The third kappa shape index (κ3) is 1.00. The minimum atomic E-state index is -0.941. The number of hydrogen-bond donors (Lipinski definition) is 1. The van der Waals surface area contributed by atoms with Crippen LogP contribution in [0.2, 0.25) is 0 Å². The molecule has 0 aromatic carbocycles. The first-order chi connectivity index (χ1) is 6.24. The molecule has 0 atom stereocenters. The van der Waals surface area contributed by atoms with Gasteiger partial charge in [-0.05, 0) is 6.92 Å².